The van der Waals surface area contributed by atoms with Crippen molar-refractivity contribution in [2.24, 2.45) is 0 Å². The zero-order valence-corrected chi connectivity index (χ0v) is 10.3. The average Bonchev–Trinajstić information content (AvgIpc) is 2.89. The summed E-state index contributed by atoms with van der Waals surface area (Å²) in [6.45, 7) is 2.52. The summed E-state index contributed by atoms with van der Waals surface area (Å²) in [5.41, 5.74) is 0. The van der Waals surface area contributed by atoms with Crippen molar-refractivity contribution >= 4 is 29.0 Å². The van der Waals surface area contributed by atoms with Gasteiger partial charge >= 0.3 is 0 Å². The van der Waals surface area contributed by atoms with Gasteiger partial charge in [-0.05, 0) is 30.3 Å². The van der Waals surface area contributed by atoms with Crippen LogP contribution in [0.2, 0.25) is 0 Å². The molecular formula is C12H13NO3S. The number of furan rings is 1. The third kappa shape index (κ3) is 2.61. The van der Waals surface area contributed by atoms with Gasteiger partial charge in [0.2, 0.25) is 0 Å². The van der Waals surface area contributed by atoms with E-state index in [9.17, 15) is 9.59 Å². The second-order valence-electron chi connectivity index (χ2n) is 3.70. The van der Waals surface area contributed by atoms with Crippen molar-refractivity contribution < 1.29 is 14.0 Å². The van der Waals surface area contributed by atoms with Crippen LogP contribution >= 0.6 is 11.8 Å². The fourth-order valence-corrected chi connectivity index (χ4v) is 2.36. The van der Waals surface area contributed by atoms with Crippen molar-refractivity contribution in [3.63, 3.8) is 0 Å². The van der Waals surface area contributed by atoms with E-state index in [4.69, 9.17) is 4.42 Å². The number of thioether (sulfide) groups is 1. The van der Waals surface area contributed by atoms with Gasteiger partial charge in [-0.2, -0.15) is 0 Å². The van der Waals surface area contributed by atoms with E-state index in [1.165, 1.54) is 11.2 Å². The molecule has 1 fully saturated rings. The first-order valence-corrected chi connectivity index (χ1v) is 6.33. The van der Waals surface area contributed by atoms with Gasteiger partial charge in [-0.1, -0.05) is 13.3 Å². The third-order valence-corrected chi connectivity index (χ3v) is 3.33. The maximum Gasteiger partial charge on any atom is 0.293 e. The molecule has 0 aliphatic carbocycles. The normalized spacial score (nSPS) is 18.4. The van der Waals surface area contributed by atoms with E-state index in [1.54, 1.807) is 18.2 Å². The molecule has 90 valence electrons. The molecular weight excluding hydrogens is 238 g/mol. The van der Waals surface area contributed by atoms with Crippen LogP contribution in [0.4, 0.5) is 4.79 Å². The van der Waals surface area contributed by atoms with E-state index in [-0.39, 0.29) is 11.1 Å². The van der Waals surface area contributed by atoms with Crippen molar-refractivity contribution in [1.82, 2.24) is 4.90 Å². The van der Waals surface area contributed by atoms with Crippen molar-refractivity contribution in [2.75, 3.05) is 6.54 Å². The lowest BCUT2D eigenvalue weighted by Crippen LogP contribution is -2.29. The largest absolute Gasteiger partial charge is 0.465 e. The summed E-state index contributed by atoms with van der Waals surface area (Å²) in [7, 11) is 0. The Hall–Kier alpha value is -1.49. The smallest absolute Gasteiger partial charge is 0.293 e. The summed E-state index contributed by atoms with van der Waals surface area (Å²) in [6.07, 6.45) is 4.94. The lowest BCUT2D eigenvalue weighted by atomic mass is 10.3. The summed E-state index contributed by atoms with van der Waals surface area (Å²) in [4.78, 5) is 25.3. The van der Waals surface area contributed by atoms with E-state index in [1.807, 2.05) is 6.92 Å². The zero-order valence-electron chi connectivity index (χ0n) is 9.51. The highest BCUT2D eigenvalue weighted by atomic mass is 32.2. The first-order valence-electron chi connectivity index (χ1n) is 5.51. The van der Waals surface area contributed by atoms with Gasteiger partial charge in [-0.25, -0.2) is 0 Å². The molecule has 1 saturated heterocycles. The van der Waals surface area contributed by atoms with Gasteiger partial charge in [0.15, 0.2) is 0 Å². The Morgan fingerprint density at radius 3 is 2.94 bits per heavy atom. The number of hydrogen-bond acceptors (Lipinski definition) is 4. The predicted molar refractivity (Wildman–Crippen MR) is 66.3 cm³/mol. The SMILES string of the molecule is CCCCN1C(=O)S/C(=C/c2ccco2)C1=O. The molecule has 0 atom stereocenters. The third-order valence-electron chi connectivity index (χ3n) is 2.43. The van der Waals surface area contributed by atoms with Gasteiger partial charge in [0, 0.05) is 12.6 Å². The van der Waals surface area contributed by atoms with E-state index in [2.05, 4.69) is 0 Å². The molecule has 1 aromatic rings. The molecule has 0 N–H and O–H groups in total. The highest BCUT2D eigenvalue weighted by Crippen LogP contribution is 2.32. The maximum atomic E-state index is 11.9. The standard InChI is InChI=1S/C12H13NO3S/c1-2-3-6-13-11(14)10(17-12(13)15)8-9-5-4-7-16-9/h4-5,7-8H,2-3,6H2,1H3/b10-8+. The molecule has 17 heavy (non-hydrogen) atoms. The summed E-state index contributed by atoms with van der Waals surface area (Å²) < 4.78 is 5.12. The Labute approximate surface area is 104 Å². The molecule has 1 aliphatic rings. The van der Waals surface area contributed by atoms with Crippen molar-refractivity contribution in [3.8, 4) is 0 Å². The number of hydrogen-bond donors (Lipinski definition) is 0. The molecule has 2 heterocycles. The zero-order chi connectivity index (χ0) is 12.3. The maximum absolute atomic E-state index is 11.9. The van der Waals surface area contributed by atoms with Gasteiger partial charge in [-0.3, -0.25) is 14.5 Å². The number of amides is 2. The van der Waals surface area contributed by atoms with Crippen LogP contribution in [-0.4, -0.2) is 22.6 Å². The molecule has 0 spiro atoms. The minimum atomic E-state index is -0.218. The van der Waals surface area contributed by atoms with Crippen molar-refractivity contribution in [2.45, 2.75) is 19.8 Å². The fourth-order valence-electron chi connectivity index (χ4n) is 1.51. The average molecular weight is 251 g/mol. The second-order valence-corrected chi connectivity index (χ2v) is 4.70. The molecule has 1 aliphatic heterocycles. The van der Waals surface area contributed by atoms with E-state index >= 15 is 0 Å². The molecule has 5 heteroatoms. The Morgan fingerprint density at radius 2 is 2.29 bits per heavy atom. The van der Waals surface area contributed by atoms with Crippen LogP contribution in [0.5, 0.6) is 0 Å². The summed E-state index contributed by atoms with van der Waals surface area (Å²) in [6, 6.07) is 3.49. The minimum Gasteiger partial charge on any atom is -0.465 e. The van der Waals surface area contributed by atoms with Gasteiger partial charge in [0.05, 0.1) is 11.2 Å². The summed E-state index contributed by atoms with van der Waals surface area (Å²) >= 11 is 0.969. The molecule has 4 nitrogen and oxygen atoms in total. The number of unbranched alkanes of at least 4 members (excludes halogenated alkanes) is 1. The van der Waals surface area contributed by atoms with Gasteiger partial charge in [-0.15, -0.1) is 0 Å². The lowest BCUT2D eigenvalue weighted by Gasteiger charge is -2.10. The van der Waals surface area contributed by atoms with E-state index in [0.717, 1.165) is 24.6 Å². The number of nitrogens with zero attached hydrogens (tertiary/aromatic N) is 1. The van der Waals surface area contributed by atoms with Crippen LogP contribution < -0.4 is 0 Å². The van der Waals surface area contributed by atoms with Gasteiger partial charge in [0.1, 0.15) is 5.76 Å². The van der Waals surface area contributed by atoms with Crippen LogP contribution in [0.25, 0.3) is 6.08 Å². The molecule has 0 unspecified atom stereocenters. The highest BCUT2D eigenvalue weighted by Gasteiger charge is 2.34. The topological polar surface area (TPSA) is 50.5 Å². The Balaban J connectivity index is 2.13. The first-order chi connectivity index (χ1) is 8.22. The van der Waals surface area contributed by atoms with Crippen molar-refractivity contribution in [3.05, 3.63) is 29.1 Å². The van der Waals surface area contributed by atoms with E-state index < -0.39 is 0 Å². The van der Waals surface area contributed by atoms with E-state index in [0.29, 0.717) is 17.2 Å². The quantitative estimate of drug-likeness (QED) is 0.771. The fraction of sp³-hybridized carbons (Fsp3) is 0.333. The minimum absolute atomic E-state index is 0.193. The van der Waals surface area contributed by atoms with Gasteiger partial charge in [0.25, 0.3) is 11.1 Å². The second kappa shape index (κ2) is 5.23. The predicted octanol–water partition coefficient (Wildman–Crippen LogP) is 3.12. The molecule has 2 amide bonds. The Kier molecular flexibility index (Phi) is 3.68. The first kappa shape index (κ1) is 12.0. The Bertz CT molecular complexity index is 450. The van der Waals surface area contributed by atoms with Crippen LogP contribution in [-0.2, 0) is 4.79 Å². The molecule has 0 radical (unpaired) electrons. The number of rotatable bonds is 4. The van der Waals surface area contributed by atoms with Gasteiger partial charge < -0.3 is 4.42 Å². The van der Waals surface area contributed by atoms with Crippen molar-refractivity contribution in [1.29, 1.82) is 0 Å². The molecule has 0 bridgehead atoms. The molecule has 2 rings (SSSR count). The monoisotopic (exact) mass is 251 g/mol. The van der Waals surface area contributed by atoms with Crippen LogP contribution in [0.3, 0.4) is 0 Å². The Morgan fingerprint density at radius 1 is 1.47 bits per heavy atom. The summed E-state index contributed by atoms with van der Waals surface area (Å²) in [5, 5.41) is -0.193. The number of imide groups is 1. The highest BCUT2D eigenvalue weighted by molar-refractivity contribution is 8.18. The van der Waals surface area contributed by atoms with Crippen LogP contribution in [0.1, 0.15) is 25.5 Å². The van der Waals surface area contributed by atoms with Crippen LogP contribution in [0.15, 0.2) is 27.7 Å². The lowest BCUT2D eigenvalue weighted by molar-refractivity contribution is -0.122. The van der Waals surface area contributed by atoms with Crippen LogP contribution in [0, 0.1) is 0 Å². The number of carbonyl (C=O) groups is 2. The summed E-state index contributed by atoms with van der Waals surface area (Å²) in [5.74, 6) is 0.371. The molecule has 1 aromatic heterocycles. The molecule has 0 aromatic carbocycles. The number of carbonyl (C=O) groups excluding carboxylic acids is 2. The molecule has 0 saturated carbocycles.